The molecule has 2 nitrogen and oxygen atoms in total. The number of pyridine rings is 1. The Balaban J connectivity index is 2.62. The predicted molar refractivity (Wildman–Crippen MR) is 67.8 cm³/mol. The van der Waals surface area contributed by atoms with Crippen molar-refractivity contribution in [3.8, 4) is 0 Å². The van der Waals surface area contributed by atoms with Crippen LogP contribution in [-0.2, 0) is 6.54 Å². The Labute approximate surface area is 101 Å². The molecule has 3 heteroatoms. The molecule has 0 aliphatic heterocycles. The zero-order valence-corrected chi connectivity index (χ0v) is 11.3. The molecule has 1 heterocycles. The fourth-order valence-corrected chi connectivity index (χ4v) is 1.78. The maximum Gasteiger partial charge on any atom is 0.0544 e. The van der Waals surface area contributed by atoms with Crippen LogP contribution in [0, 0.1) is 0 Å². The normalized spacial score (nSPS) is 13.1. The molecular weight excluding hydrogens is 252 g/mol. The average molecular weight is 271 g/mol. The van der Waals surface area contributed by atoms with Crippen LogP contribution in [0.25, 0.3) is 0 Å². The molecular formula is C12H19BrN2. The Hall–Kier alpha value is -0.410. The molecule has 1 aromatic heterocycles. The smallest absolute Gasteiger partial charge is 0.0544 e. The lowest BCUT2D eigenvalue weighted by molar-refractivity contribution is 0.203. The average Bonchev–Trinajstić information content (AvgIpc) is 2.27. The van der Waals surface area contributed by atoms with Crippen molar-refractivity contribution in [2.24, 2.45) is 0 Å². The summed E-state index contributed by atoms with van der Waals surface area (Å²) in [6.07, 6.45) is 3.05. The van der Waals surface area contributed by atoms with E-state index in [9.17, 15) is 0 Å². The van der Waals surface area contributed by atoms with E-state index in [2.05, 4.69) is 52.7 Å². The van der Waals surface area contributed by atoms with Gasteiger partial charge in [0.1, 0.15) is 0 Å². The third-order valence-electron chi connectivity index (χ3n) is 2.77. The van der Waals surface area contributed by atoms with E-state index in [1.807, 2.05) is 12.3 Å². The summed E-state index contributed by atoms with van der Waals surface area (Å²) < 4.78 is 1.04. The molecule has 0 N–H and O–H groups in total. The van der Waals surface area contributed by atoms with Crippen molar-refractivity contribution in [1.82, 2.24) is 9.88 Å². The second-order valence-corrected chi connectivity index (χ2v) is 4.70. The minimum atomic E-state index is 0.625. The van der Waals surface area contributed by atoms with E-state index in [1.54, 1.807) is 0 Å². The lowest BCUT2D eigenvalue weighted by atomic mass is 10.2. The molecule has 0 radical (unpaired) electrons. The van der Waals surface area contributed by atoms with Gasteiger partial charge in [0.25, 0.3) is 0 Å². The summed E-state index contributed by atoms with van der Waals surface area (Å²) in [5.74, 6) is 0. The van der Waals surface area contributed by atoms with Crippen molar-refractivity contribution < 1.29 is 0 Å². The van der Waals surface area contributed by atoms with Gasteiger partial charge in [-0.3, -0.25) is 9.88 Å². The Kier molecular flexibility index (Phi) is 5.26. The molecule has 15 heavy (non-hydrogen) atoms. The first-order chi connectivity index (χ1) is 7.17. The van der Waals surface area contributed by atoms with Crippen molar-refractivity contribution in [3.63, 3.8) is 0 Å². The van der Waals surface area contributed by atoms with Gasteiger partial charge in [0.15, 0.2) is 0 Å². The Morgan fingerprint density at radius 3 is 2.60 bits per heavy atom. The van der Waals surface area contributed by atoms with Crippen molar-refractivity contribution >= 4 is 15.9 Å². The molecule has 0 aliphatic rings. The lowest BCUT2D eigenvalue weighted by Crippen LogP contribution is -2.32. The van der Waals surface area contributed by atoms with Gasteiger partial charge >= 0.3 is 0 Å². The molecule has 84 valence electrons. The summed E-state index contributed by atoms with van der Waals surface area (Å²) in [5, 5.41) is 0. The summed E-state index contributed by atoms with van der Waals surface area (Å²) in [6.45, 7) is 8.71. The Bertz CT molecular complexity index is 284. The van der Waals surface area contributed by atoms with Gasteiger partial charge in [0.2, 0.25) is 0 Å². The Morgan fingerprint density at radius 1 is 1.40 bits per heavy atom. The van der Waals surface area contributed by atoms with Gasteiger partial charge in [0.05, 0.1) is 5.69 Å². The van der Waals surface area contributed by atoms with E-state index in [0.717, 1.165) is 23.3 Å². The number of rotatable bonds is 5. The van der Waals surface area contributed by atoms with Crippen LogP contribution in [0.3, 0.4) is 0 Å². The second kappa shape index (κ2) is 6.23. The van der Waals surface area contributed by atoms with Crippen LogP contribution < -0.4 is 0 Å². The summed E-state index contributed by atoms with van der Waals surface area (Å²) in [5.41, 5.74) is 1.14. The molecule has 0 aliphatic carbocycles. The van der Waals surface area contributed by atoms with E-state index >= 15 is 0 Å². The van der Waals surface area contributed by atoms with Crippen LogP contribution in [0.2, 0.25) is 0 Å². The third-order valence-corrected chi connectivity index (χ3v) is 3.24. The quantitative estimate of drug-likeness (QED) is 0.815. The molecule has 1 unspecified atom stereocenters. The third kappa shape index (κ3) is 3.92. The largest absolute Gasteiger partial charge is 0.295 e. The molecule has 1 aromatic rings. The Morgan fingerprint density at radius 2 is 2.13 bits per heavy atom. The molecule has 1 atom stereocenters. The predicted octanol–water partition coefficient (Wildman–Crippen LogP) is 3.46. The van der Waals surface area contributed by atoms with Crippen molar-refractivity contribution in [2.45, 2.75) is 39.8 Å². The van der Waals surface area contributed by atoms with E-state index in [4.69, 9.17) is 0 Å². The highest BCUT2D eigenvalue weighted by molar-refractivity contribution is 9.10. The number of hydrogen-bond acceptors (Lipinski definition) is 2. The number of aromatic nitrogens is 1. The van der Waals surface area contributed by atoms with Gasteiger partial charge in [-0.05, 0) is 48.0 Å². The van der Waals surface area contributed by atoms with Gasteiger partial charge in [0, 0.05) is 23.3 Å². The first kappa shape index (κ1) is 12.7. The highest BCUT2D eigenvalue weighted by Crippen LogP contribution is 2.11. The van der Waals surface area contributed by atoms with E-state index in [0.29, 0.717) is 6.04 Å². The highest BCUT2D eigenvalue weighted by atomic mass is 79.9. The van der Waals surface area contributed by atoms with Gasteiger partial charge in [-0.1, -0.05) is 13.8 Å². The molecule has 0 amide bonds. The van der Waals surface area contributed by atoms with Crippen LogP contribution in [0.15, 0.2) is 22.8 Å². The number of hydrogen-bond donors (Lipinski definition) is 0. The summed E-state index contributed by atoms with van der Waals surface area (Å²) in [6, 6.07) is 4.75. The van der Waals surface area contributed by atoms with Crippen LogP contribution in [0.5, 0.6) is 0 Å². The van der Waals surface area contributed by atoms with E-state index in [-0.39, 0.29) is 0 Å². The van der Waals surface area contributed by atoms with Gasteiger partial charge in [-0.2, -0.15) is 0 Å². The number of nitrogens with zero attached hydrogens (tertiary/aromatic N) is 2. The minimum Gasteiger partial charge on any atom is -0.295 e. The maximum atomic E-state index is 4.39. The molecule has 0 saturated carbocycles. The molecule has 0 fully saturated rings. The standard InChI is InChI=1S/C12H19BrN2/c1-4-10(3)15(5-2)9-12-7-6-11(13)8-14-12/h6-8,10H,4-5,9H2,1-3H3. The van der Waals surface area contributed by atoms with Crippen molar-refractivity contribution in [2.75, 3.05) is 6.54 Å². The number of halogens is 1. The summed E-state index contributed by atoms with van der Waals surface area (Å²) in [7, 11) is 0. The fourth-order valence-electron chi connectivity index (χ4n) is 1.55. The second-order valence-electron chi connectivity index (χ2n) is 3.79. The van der Waals surface area contributed by atoms with Crippen molar-refractivity contribution in [3.05, 3.63) is 28.5 Å². The summed E-state index contributed by atoms with van der Waals surface area (Å²) in [4.78, 5) is 6.83. The molecule has 1 rings (SSSR count). The molecule has 0 saturated heterocycles. The van der Waals surface area contributed by atoms with E-state index in [1.165, 1.54) is 6.42 Å². The van der Waals surface area contributed by atoms with Crippen LogP contribution >= 0.6 is 15.9 Å². The SMILES string of the molecule is CCC(C)N(CC)Cc1ccc(Br)cn1. The first-order valence-corrected chi connectivity index (χ1v) is 6.31. The maximum absolute atomic E-state index is 4.39. The van der Waals surface area contributed by atoms with Crippen LogP contribution in [0.4, 0.5) is 0 Å². The van der Waals surface area contributed by atoms with Crippen LogP contribution in [0.1, 0.15) is 32.9 Å². The minimum absolute atomic E-state index is 0.625. The zero-order chi connectivity index (χ0) is 11.3. The topological polar surface area (TPSA) is 16.1 Å². The first-order valence-electron chi connectivity index (χ1n) is 5.51. The highest BCUT2D eigenvalue weighted by Gasteiger charge is 2.10. The van der Waals surface area contributed by atoms with Crippen molar-refractivity contribution in [1.29, 1.82) is 0 Å². The van der Waals surface area contributed by atoms with Crippen LogP contribution in [-0.4, -0.2) is 22.5 Å². The monoisotopic (exact) mass is 270 g/mol. The van der Waals surface area contributed by atoms with Gasteiger partial charge in [-0.25, -0.2) is 0 Å². The molecule has 0 aromatic carbocycles. The van der Waals surface area contributed by atoms with Gasteiger partial charge in [-0.15, -0.1) is 0 Å². The summed E-state index contributed by atoms with van der Waals surface area (Å²) >= 11 is 3.40. The zero-order valence-electron chi connectivity index (χ0n) is 9.70. The molecule has 0 bridgehead atoms. The molecule has 0 spiro atoms. The van der Waals surface area contributed by atoms with Gasteiger partial charge < -0.3 is 0 Å². The van der Waals surface area contributed by atoms with E-state index < -0.39 is 0 Å². The lowest BCUT2D eigenvalue weighted by Gasteiger charge is -2.26. The fraction of sp³-hybridized carbons (Fsp3) is 0.583.